The van der Waals surface area contributed by atoms with E-state index in [-0.39, 0.29) is 11.3 Å². The largest absolute Gasteiger partial charge is 0.507 e. The topological polar surface area (TPSA) is 66.8 Å². The second-order valence-electron chi connectivity index (χ2n) is 4.90. The van der Waals surface area contributed by atoms with Crippen molar-refractivity contribution in [3.8, 4) is 11.5 Å². The van der Waals surface area contributed by atoms with Crippen LogP contribution in [-0.4, -0.2) is 23.3 Å². The lowest BCUT2D eigenvalue weighted by atomic mass is 10.0. The maximum atomic E-state index is 11.2. The predicted octanol–water partition coefficient (Wildman–Crippen LogP) is 4.00. The molecule has 0 saturated heterocycles. The average molecular weight is 310 g/mol. The van der Waals surface area contributed by atoms with Crippen LogP contribution in [0.5, 0.6) is 11.5 Å². The summed E-state index contributed by atoms with van der Waals surface area (Å²) in [5.74, 6) is -0.296. The van der Waals surface area contributed by atoms with Crippen molar-refractivity contribution in [2.75, 3.05) is 7.11 Å². The van der Waals surface area contributed by atoms with E-state index in [2.05, 4.69) is 6.58 Å². The first-order chi connectivity index (χ1) is 11.1. The Balaban J connectivity index is 2.43. The zero-order valence-corrected chi connectivity index (χ0v) is 12.8. The molecule has 0 aromatic heterocycles. The molecule has 2 N–H and O–H groups in total. The average Bonchev–Trinajstić information content (AvgIpc) is 2.56. The van der Waals surface area contributed by atoms with Crippen LogP contribution in [0.1, 0.15) is 27.0 Å². The van der Waals surface area contributed by atoms with Gasteiger partial charge in [-0.25, -0.2) is 4.79 Å². The number of allylic oxidation sites excluding steroid dienone is 1. The highest BCUT2D eigenvalue weighted by Gasteiger charge is 2.11. The molecule has 0 aliphatic carbocycles. The van der Waals surface area contributed by atoms with E-state index in [1.807, 2.05) is 0 Å². The van der Waals surface area contributed by atoms with E-state index in [9.17, 15) is 15.0 Å². The summed E-state index contributed by atoms with van der Waals surface area (Å²) in [5, 5.41) is 19.6. The van der Waals surface area contributed by atoms with Crippen LogP contribution in [0.15, 0.2) is 49.1 Å². The Morgan fingerprint density at radius 1 is 1.17 bits per heavy atom. The van der Waals surface area contributed by atoms with Crippen LogP contribution >= 0.6 is 0 Å². The molecule has 0 atom stereocenters. The van der Waals surface area contributed by atoms with E-state index in [1.165, 1.54) is 0 Å². The number of benzene rings is 2. The molecule has 23 heavy (non-hydrogen) atoms. The number of rotatable bonds is 6. The molecular weight excluding hydrogens is 292 g/mol. The van der Waals surface area contributed by atoms with Crippen LogP contribution in [-0.2, 0) is 6.42 Å². The van der Waals surface area contributed by atoms with Gasteiger partial charge in [0.05, 0.1) is 12.7 Å². The molecule has 4 nitrogen and oxygen atoms in total. The van der Waals surface area contributed by atoms with Gasteiger partial charge in [0, 0.05) is 11.1 Å². The minimum atomic E-state index is -0.989. The number of carboxylic acids is 1. The van der Waals surface area contributed by atoms with Crippen molar-refractivity contribution in [2.24, 2.45) is 0 Å². The van der Waals surface area contributed by atoms with Crippen molar-refractivity contribution in [2.45, 2.75) is 6.42 Å². The fourth-order valence-electron chi connectivity index (χ4n) is 2.32. The smallest absolute Gasteiger partial charge is 0.336 e. The molecule has 0 aliphatic rings. The van der Waals surface area contributed by atoms with E-state index in [0.29, 0.717) is 28.9 Å². The van der Waals surface area contributed by atoms with E-state index in [4.69, 9.17) is 4.74 Å². The molecule has 2 aromatic carbocycles. The second kappa shape index (κ2) is 7.31. The number of phenols is 1. The first-order valence-corrected chi connectivity index (χ1v) is 7.08. The maximum Gasteiger partial charge on any atom is 0.336 e. The van der Waals surface area contributed by atoms with E-state index >= 15 is 0 Å². The molecule has 0 saturated carbocycles. The van der Waals surface area contributed by atoms with Gasteiger partial charge in [0.15, 0.2) is 0 Å². The van der Waals surface area contributed by atoms with Gasteiger partial charge in [-0.05, 0) is 30.2 Å². The Hall–Kier alpha value is -3.01. The number of methoxy groups -OCH3 is 1. The highest BCUT2D eigenvalue weighted by Crippen LogP contribution is 2.33. The summed E-state index contributed by atoms with van der Waals surface area (Å²) in [6, 6.07) is 10.2. The minimum Gasteiger partial charge on any atom is -0.507 e. The molecule has 0 amide bonds. The van der Waals surface area contributed by atoms with E-state index < -0.39 is 5.97 Å². The standard InChI is InChI=1S/C19H18O4/c1-3-6-16-17(23-2)12-11-14(18(16)20)10-9-13-7-4-5-8-15(13)19(21)22/h3-5,7-12,20H,1,6H2,2H3,(H,21,22). The van der Waals surface area contributed by atoms with Crippen LogP contribution in [0, 0.1) is 0 Å². The Morgan fingerprint density at radius 3 is 2.52 bits per heavy atom. The molecule has 0 unspecified atom stereocenters. The van der Waals surface area contributed by atoms with E-state index in [0.717, 1.165) is 0 Å². The number of aromatic carboxylic acids is 1. The van der Waals surface area contributed by atoms with Gasteiger partial charge in [-0.1, -0.05) is 36.4 Å². The third kappa shape index (κ3) is 3.61. The molecule has 0 bridgehead atoms. The number of ether oxygens (including phenoxy) is 1. The lowest BCUT2D eigenvalue weighted by molar-refractivity contribution is 0.0696. The Kier molecular flexibility index (Phi) is 5.20. The molecule has 2 aromatic rings. The van der Waals surface area contributed by atoms with Gasteiger partial charge in [0.1, 0.15) is 11.5 Å². The lowest BCUT2D eigenvalue weighted by Gasteiger charge is -2.11. The number of hydrogen-bond acceptors (Lipinski definition) is 3. The molecule has 4 heteroatoms. The van der Waals surface area contributed by atoms with Crippen molar-refractivity contribution in [1.29, 1.82) is 0 Å². The monoisotopic (exact) mass is 310 g/mol. The number of carbonyl (C=O) groups is 1. The molecule has 0 heterocycles. The number of hydrogen-bond donors (Lipinski definition) is 2. The van der Waals surface area contributed by atoms with Gasteiger partial charge in [-0.2, -0.15) is 0 Å². The fraction of sp³-hybridized carbons (Fsp3) is 0.105. The summed E-state index contributed by atoms with van der Waals surface area (Å²) in [5.41, 5.74) is 2.02. The molecule has 0 spiro atoms. The zero-order valence-electron chi connectivity index (χ0n) is 12.8. The van der Waals surface area contributed by atoms with Crippen LogP contribution in [0.25, 0.3) is 12.2 Å². The van der Waals surface area contributed by atoms with Crippen LogP contribution < -0.4 is 4.74 Å². The van der Waals surface area contributed by atoms with E-state index in [1.54, 1.807) is 61.7 Å². The quantitative estimate of drug-likeness (QED) is 0.625. The third-order valence-electron chi connectivity index (χ3n) is 3.47. The fourth-order valence-corrected chi connectivity index (χ4v) is 2.32. The van der Waals surface area contributed by atoms with Gasteiger partial charge in [0.2, 0.25) is 0 Å². The van der Waals surface area contributed by atoms with Gasteiger partial charge in [-0.3, -0.25) is 0 Å². The van der Waals surface area contributed by atoms with Gasteiger partial charge >= 0.3 is 5.97 Å². The second-order valence-corrected chi connectivity index (χ2v) is 4.90. The summed E-state index contributed by atoms with van der Waals surface area (Å²) in [4.78, 5) is 11.2. The molecular formula is C19H18O4. The predicted molar refractivity (Wildman–Crippen MR) is 90.9 cm³/mol. The SMILES string of the molecule is C=CCc1c(OC)ccc(C=Cc2ccccc2C(=O)O)c1O. The highest BCUT2D eigenvalue weighted by molar-refractivity contribution is 5.93. The summed E-state index contributed by atoms with van der Waals surface area (Å²) in [6.07, 6.45) is 5.51. The molecule has 118 valence electrons. The first-order valence-electron chi connectivity index (χ1n) is 7.08. The Labute approximate surface area is 135 Å². The molecule has 0 fully saturated rings. The Morgan fingerprint density at radius 2 is 1.87 bits per heavy atom. The van der Waals surface area contributed by atoms with Crippen molar-refractivity contribution < 1.29 is 19.7 Å². The summed E-state index contributed by atoms with van der Waals surface area (Å²) in [6.45, 7) is 3.68. The number of phenolic OH excluding ortho intramolecular Hbond substituents is 1. The van der Waals surface area contributed by atoms with Crippen molar-refractivity contribution in [3.63, 3.8) is 0 Å². The normalized spacial score (nSPS) is 10.7. The van der Waals surface area contributed by atoms with Gasteiger partial charge in [0.25, 0.3) is 0 Å². The zero-order chi connectivity index (χ0) is 16.8. The lowest BCUT2D eigenvalue weighted by Crippen LogP contribution is -1.98. The Bertz CT molecular complexity index is 760. The highest BCUT2D eigenvalue weighted by atomic mass is 16.5. The summed E-state index contributed by atoms with van der Waals surface area (Å²) >= 11 is 0. The minimum absolute atomic E-state index is 0.105. The number of aromatic hydroxyl groups is 1. The maximum absolute atomic E-state index is 11.2. The van der Waals surface area contributed by atoms with Crippen LogP contribution in [0.3, 0.4) is 0 Å². The summed E-state index contributed by atoms with van der Waals surface area (Å²) < 4.78 is 5.24. The van der Waals surface area contributed by atoms with Crippen LogP contribution in [0.4, 0.5) is 0 Å². The van der Waals surface area contributed by atoms with Crippen molar-refractivity contribution in [1.82, 2.24) is 0 Å². The summed E-state index contributed by atoms with van der Waals surface area (Å²) in [7, 11) is 1.54. The molecule has 2 rings (SSSR count). The molecule has 0 aliphatic heterocycles. The van der Waals surface area contributed by atoms with Gasteiger partial charge < -0.3 is 14.9 Å². The first kappa shape index (κ1) is 16.4. The molecule has 0 radical (unpaired) electrons. The third-order valence-corrected chi connectivity index (χ3v) is 3.47. The van der Waals surface area contributed by atoms with Crippen molar-refractivity contribution in [3.05, 3.63) is 71.3 Å². The van der Waals surface area contributed by atoms with Crippen LogP contribution in [0.2, 0.25) is 0 Å². The van der Waals surface area contributed by atoms with Crippen molar-refractivity contribution >= 4 is 18.1 Å². The number of carboxylic acid groups (broad SMARTS) is 1. The van der Waals surface area contributed by atoms with Gasteiger partial charge in [-0.15, -0.1) is 6.58 Å².